The number of hydrogen-bond donors (Lipinski definition) is 2. The Morgan fingerprint density at radius 3 is 1.15 bits per heavy atom. The number of hydrogen-bond acceptors (Lipinski definition) is 4. The number of aliphatic imine (C=N–C) groups is 2. The average molecular weight is 483 g/mol. The first-order chi connectivity index (χ1) is 16.8. The van der Waals surface area contributed by atoms with Crippen molar-refractivity contribution < 1.29 is 0 Å². The molecule has 4 nitrogen and oxygen atoms in total. The van der Waals surface area contributed by atoms with Crippen LogP contribution < -0.4 is 10.6 Å². The molecule has 0 aromatic heterocycles. The second-order valence-corrected chi connectivity index (χ2v) is 9.35. The molecule has 6 heteroatoms. The van der Waals surface area contributed by atoms with Gasteiger partial charge in [-0.2, -0.15) is 0 Å². The minimum Gasteiger partial charge on any atom is -0.335 e. The van der Waals surface area contributed by atoms with E-state index in [2.05, 4.69) is 10.6 Å². The standard InChI is InChI=1S/C28H26N4S2/c1-5-13-23(14-6-1)29-27(30-24-15-7-2-8-16-24)33-21-22-34-28(31-25-17-9-3-10-18-25)32-26-19-11-4-12-20-26/h1-20H,21-22H2,(H,29,30)(H,31,32). The summed E-state index contributed by atoms with van der Waals surface area (Å²) >= 11 is 3.40. The molecule has 0 aliphatic heterocycles. The summed E-state index contributed by atoms with van der Waals surface area (Å²) in [5, 5.41) is 8.65. The third-order valence-corrected chi connectivity index (χ3v) is 6.59. The van der Waals surface area contributed by atoms with Crippen LogP contribution in [0.5, 0.6) is 0 Å². The molecule has 4 aromatic carbocycles. The molecular formula is C28H26N4S2. The van der Waals surface area contributed by atoms with E-state index >= 15 is 0 Å². The largest absolute Gasteiger partial charge is 0.335 e. The lowest BCUT2D eigenvalue weighted by Crippen LogP contribution is -2.11. The molecule has 0 fully saturated rings. The number of benzene rings is 4. The van der Waals surface area contributed by atoms with Gasteiger partial charge in [-0.3, -0.25) is 0 Å². The van der Waals surface area contributed by atoms with Crippen LogP contribution in [0.15, 0.2) is 131 Å². The molecule has 170 valence electrons. The SMILES string of the molecule is c1ccc(N=C(Nc2ccccc2)SCCSC(=Nc2ccccc2)Nc2ccccc2)cc1. The van der Waals surface area contributed by atoms with Crippen LogP contribution in [0, 0.1) is 0 Å². The zero-order valence-electron chi connectivity index (χ0n) is 18.7. The third-order valence-electron chi connectivity index (χ3n) is 4.58. The van der Waals surface area contributed by atoms with E-state index < -0.39 is 0 Å². The van der Waals surface area contributed by atoms with Gasteiger partial charge in [-0.15, -0.1) is 0 Å². The van der Waals surface area contributed by atoms with E-state index in [-0.39, 0.29) is 0 Å². The smallest absolute Gasteiger partial charge is 0.166 e. The average Bonchev–Trinajstić information content (AvgIpc) is 2.89. The van der Waals surface area contributed by atoms with Gasteiger partial charge in [0.25, 0.3) is 0 Å². The molecule has 0 aliphatic rings. The van der Waals surface area contributed by atoms with Gasteiger partial charge in [-0.1, -0.05) is 96.3 Å². The fourth-order valence-electron chi connectivity index (χ4n) is 3.00. The Kier molecular flexibility index (Phi) is 9.25. The molecule has 0 saturated carbocycles. The highest BCUT2D eigenvalue weighted by molar-refractivity contribution is 8.17. The van der Waals surface area contributed by atoms with Crippen LogP contribution in [-0.4, -0.2) is 21.8 Å². The summed E-state index contributed by atoms with van der Waals surface area (Å²) in [7, 11) is 0. The van der Waals surface area contributed by atoms with Crippen LogP contribution in [-0.2, 0) is 0 Å². The van der Waals surface area contributed by atoms with Crippen molar-refractivity contribution in [3.8, 4) is 0 Å². The molecule has 0 saturated heterocycles. The summed E-state index contributed by atoms with van der Waals surface area (Å²) < 4.78 is 0. The summed E-state index contributed by atoms with van der Waals surface area (Å²) in [6.45, 7) is 0. The molecule has 0 heterocycles. The number of rotatable bonds is 7. The highest BCUT2D eigenvalue weighted by Crippen LogP contribution is 2.21. The van der Waals surface area contributed by atoms with E-state index in [4.69, 9.17) is 9.98 Å². The minimum absolute atomic E-state index is 0.871. The molecular weight excluding hydrogens is 456 g/mol. The Bertz CT molecular complexity index is 1090. The third kappa shape index (κ3) is 8.14. The monoisotopic (exact) mass is 482 g/mol. The van der Waals surface area contributed by atoms with Gasteiger partial charge in [0.15, 0.2) is 10.3 Å². The van der Waals surface area contributed by atoms with Crippen molar-refractivity contribution >= 4 is 56.6 Å². The van der Waals surface area contributed by atoms with Gasteiger partial charge in [0, 0.05) is 22.9 Å². The molecule has 0 bridgehead atoms. The topological polar surface area (TPSA) is 48.8 Å². The Balaban J connectivity index is 1.41. The molecule has 0 atom stereocenters. The molecule has 34 heavy (non-hydrogen) atoms. The molecule has 4 rings (SSSR count). The van der Waals surface area contributed by atoms with Crippen molar-refractivity contribution in [2.75, 3.05) is 22.1 Å². The van der Waals surface area contributed by atoms with Crippen molar-refractivity contribution in [2.24, 2.45) is 9.98 Å². The van der Waals surface area contributed by atoms with Crippen molar-refractivity contribution in [3.05, 3.63) is 121 Å². The predicted molar refractivity (Wildman–Crippen MR) is 152 cm³/mol. The maximum atomic E-state index is 4.82. The van der Waals surface area contributed by atoms with Gasteiger partial charge < -0.3 is 10.6 Å². The quantitative estimate of drug-likeness (QED) is 0.159. The summed E-state index contributed by atoms with van der Waals surface area (Å²) in [6, 6.07) is 40.3. The number of amidine groups is 2. The van der Waals surface area contributed by atoms with Crippen LogP contribution in [0.25, 0.3) is 0 Å². The van der Waals surface area contributed by atoms with Crippen LogP contribution in [0.2, 0.25) is 0 Å². The van der Waals surface area contributed by atoms with E-state index in [1.165, 1.54) is 0 Å². The fourth-order valence-corrected chi connectivity index (χ4v) is 4.77. The zero-order chi connectivity index (χ0) is 23.3. The highest BCUT2D eigenvalue weighted by Gasteiger charge is 2.06. The molecule has 0 radical (unpaired) electrons. The van der Waals surface area contributed by atoms with E-state index in [1.54, 1.807) is 23.5 Å². The van der Waals surface area contributed by atoms with Crippen molar-refractivity contribution in [3.63, 3.8) is 0 Å². The summed E-state index contributed by atoms with van der Waals surface area (Å²) in [4.78, 5) is 9.64. The van der Waals surface area contributed by atoms with E-state index in [0.717, 1.165) is 44.6 Å². The van der Waals surface area contributed by atoms with Crippen LogP contribution in [0.1, 0.15) is 0 Å². The van der Waals surface area contributed by atoms with Crippen molar-refractivity contribution in [1.29, 1.82) is 0 Å². The molecule has 2 N–H and O–H groups in total. The molecule has 0 amide bonds. The van der Waals surface area contributed by atoms with Gasteiger partial charge in [0.05, 0.1) is 11.4 Å². The van der Waals surface area contributed by atoms with Gasteiger partial charge in [0.2, 0.25) is 0 Å². The van der Waals surface area contributed by atoms with Crippen molar-refractivity contribution in [2.45, 2.75) is 0 Å². The van der Waals surface area contributed by atoms with Gasteiger partial charge >= 0.3 is 0 Å². The van der Waals surface area contributed by atoms with Crippen LogP contribution in [0.3, 0.4) is 0 Å². The number of nitrogens with one attached hydrogen (secondary N) is 2. The number of thioether (sulfide) groups is 2. The number of anilines is 2. The van der Waals surface area contributed by atoms with E-state index in [9.17, 15) is 0 Å². The minimum atomic E-state index is 0.871. The van der Waals surface area contributed by atoms with Crippen LogP contribution in [0.4, 0.5) is 22.7 Å². The van der Waals surface area contributed by atoms with Gasteiger partial charge in [0.1, 0.15) is 0 Å². The molecule has 4 aromatic rings. The first-order valence-electron chi connectivity index (χ1n) is 11.0. The summed E-state index contributed by atoms with van der Waals surface area (Å²) in [5.74, 6) is 1.75. The normalized spacial score (nSPS) is 11.8. The lowest BCUT2D eigenvalue weighted by molar-refractivity contribution is 1.50. The molecule has 0 spiro atoms. The van der Waals surface area contributed by atoms with Gasteiger partial charge in [-0.05, 0) is 48.5 Å². The predicted octanol–water partition coefficient (Wildman–Crippen LogP) is 8.05. The number of para-hydroxylation sites is 4. The second kappa shape index (κ2) is 13.3. The Morgan fingerprint density at radius 1 is 0.471 bits per heavy atom. The maximum absolute atomic E-state index is 4.82. The van der Waals surface area contributed by atoms with E-state index in [0.29, 0.717) is 0 Å². The summed E-state index contributed by atoms with van der Waals surface area (Å²) in [6.07, 6.45) is 0. The van der Waals surface area contributed by atoms with Gasteiger partial charge in [-0.25, -0.2) is 9.98 Å². The highest BCUT2D eigenvalue weighted by atomic mass is 32.2. The Hall–Kier alpha value is -3.48. The Labute approximate surface area is 209 Å². The summed E-state index contributed by atoms with van der Waals surface area (Å²) in [5.41, 5.74) is 3.90. The zero-order valence-corrected chi connectivity index (χ0v) is 20.3. The first-order valence-corrected chi connectivity index (χ1v) is 13.0. The Morgan fingerprint density at radius 2 is 0.794 bits per heavy atom. The lowest BCUT2D eigenvalue weighted by atomic mass is 10.3. The second-order valence-electron chi connectivity index (χ2n) is 7.18. The maximum Gasteiger partial charge on any atom is 0.166 e. The first kappa shape index (κ1) is 23.7. The molecule has 0 unspecified atom stereocenters. The molecule has 0 aliphatic carbocycles. The number of nitrogens with zero attached hydrogens (tertiary/aromatic N) is 2. The van der Waals surface area contributed by atoms with E-state index in [1.807, 2.05) is 121 Å². The van der Waals surface area contributed by atoms with Crippen LogP contribution >= 0.6 is 23.5 Å². The van der Waals surface area contributed by atoms with Crippen molar-refractivity contribution in [1.82, 2.24) is 0 Å². The fraction of sp³-hybridized carbons (Fsp3) is 0.0714. The lowest BCUT2D eigenvalue weighted by Gasteiger charge is -2.12.